The molecular weight excluding hydrogens is 357 g/mol. The first-order valence-corrected chi connectivity index (χ1v) is 8.65. The molecule has 0 bridgehead atoms. The van der Waals surface area contributed by atoms with Gasteiger partial charge in [-0.15, -0.1) is 0 Å². The van der Waals surface area contributed by atoms with Crippen molar-refractivity contribution in [1.29, 1.82) is 0 Å². The zero-order chi connectivity index (χ0) is 18.8. The molecular formula is C19H19ClFN3O2. The van der Waals surface area contributed by atoms with Crippen molar-refractivity contribution >= 4 is 28.5 Å². The summed E-state index contributed by atoms with van der Waals surface area (Å²) in [6.45, 7) is 3.88. The van der Waals surface area contributed by atoms with Gasteiger partial charge in [0.05, 0.1) is 23.2 Å². The number of benzene rings is 1. The molecule has 2 aromatic heterocycles. The predicted molar refractivity (Wildman–Crippen MR) is 100 cm³/mol. The lowest BCUT2D eigenvalue weighted by molar-refractivity contribution is 0.0935. The number of rotatable bonds is 5. The van der Waals surface area contributed by atoms with Crippen molar-refractivity contribution < 1.29 is 13.9 Å². The Labute approximate surface area is 155 Å². The first-order valence-electron chi connectivity index (χ1n) is 8.27. The number of halogens is 2. The van der Waals surface area contributed by atoms with Crippen LogP contribution in [0.5, 0.6) is 5.75 Å². The summed E-state index contributed by atoms with van der Waals surface area (Å²) < 4.78 is 19.9. The quantitative estimate of drug-likeness (QED) is 0.687. The molecule has 2 heterocycles. The molecule has 0 saturated carbocycles. The van der Waals surface area contributed by atoms with E-state index < -0.39 is 5.82 Å². The standard InChI is InChI=1S/C19H19ClFN3O2/c1-4-10(2)23-19(25)18-16(17-14(24-18)6-5-7-22-17)11-8-15(26-3)12(20)9-13(11)21/h5-10,24H,4H2,1-3H3,(H,23,25). The van der Waals surface area contributed by atoms with Crippen molar-refractivity contribution in [3.63, 3.8) is 0 Å². The molecule has 0 spiro atoms. The second-order valence-corrected chi connectivity index (χ2v) is 6.43. The fourth-order valence-electron chi connectivity index (χ4n) is 2.73. The van der Waals surface area contributed by atoms with Gasteiger partial charge in [0.1, 0.15) is 17.3 Å². The van der Waals surface area contributed by atoms with Crippen LogP contribution in [0.1, 0.15) is 30.8 Å². The van der Waals surface area contributed by atoms with E-state index >= 15 is 0 Å². The average molecular weight is 376 g/mol. The van der Waals surface area contributed by atoms with Gasteiger partial charge in [-0.2, -0.15) is 0 Å². The number of fused-ring (bicyclic) bond motifs is 1. The highest BCUT2D eigenvalue weighted by Gasteiger charge is 2.24. The van der Waals surface area contributed by atoms with Crippen molar-refractivity contribution in [2.24, 2.45) is 0 Å². The number of hydrogen-bond donors (Lipinski definition) is 2. The van der Waals surface area contributed by atoms with Crippen molar-refractivity contribution in [3.8, 4) is 16.9 Å². The summed E-state index contributed by atoms with van der Waals surface area (Å²) in [5.41, 5.74) is 1.98. The molecule has 1 atom stereocenters. The molecule has 1 aromatic carbocycles. The smallest absolute Gasteiger partial charge is 0.268 e. The molecule has 5 nitrogen and oxygen atoms in total. The van der Waals surface area contributed by atoms with Gasteiger partial charge in [-0.05, 0) is 37.6 Å². The van der Waals surface area contributed by atoms with Crippen LogP contribution >= 0.6 is 11.6 Å². The summed E-state index contributed by atoms with van der Waals surface area (Å²) in [5.74, 6) is -0.553. The Bertz CT molecular complexity index is 971. The van der Waals surface area contributed by atoms with Gasteiger partial charge < -0.3 is 15.0 Å². The van der Waals surface area contributed by atoms with E-state index in [9.17, 15) is 9.18 Å². The number of aromatic nitrogens is 2. The number of hydrogen-bond acceptors (Lipinski definition) is 3. The van der Waals surface area contributed by atoms with Crippen LogP contribution in [0.25, 0.3) is 22.2 Å². The summed E-state index contributed by atoms with van der Waals surface area (Å²) >= 11 is 6.00. The van der Waals surface area contributed by atoms with Crippen molar-refractivity contribution in [2.45, 2.75) is 26.3 Å². The van der Waals surface area contributed by atoms with Crippen LogP contribution in [0.4, 0.5) is 4.39 Å². The highest BCUT2D eigenvalue weighted by atomic mass is 35.5. The number of H-pyrrole nitrogens is 1. The molecule has 0 aliphatic rings. The summed E-state index contributed by atoms with van der Waals surface area (Å²) in [5, 5.41) is 3.06. The van der Waals surface area contributed by atoms with E-state index in [0.29, 0.717) is 22.3 Å². The molecule has 0 fully saturated rings. The number of carbonyl (C=O) groups is 1. The second kappa shape index (κ2) is 7.33. The largest absolute Gasteiger partial charge is 0.495 e. The van der Waals surface area contributed by atoms with Crippen molar-refractivity contribution in [3.05, 3.63) is 47.0 Å². The number of nitrogens with zero attached hydrogens (tertiary/aromatic N) is 1. The third-order valence-electron chi connectivity index (χ3n) is 4.28. The van der Waals surface area contributed by atoms with Crippen LogP contribution in [0, 0.1) is 5.82 Å². The monoisotopic (exact) mass is 375 g/mol. The van der Waals surface area contributed by atoms with Crippen LogP contribution in [0.2, 0.25) is 5.02 Å². The maximum atomic E-state index is 14.7. The maximum absolute atomic E-state index is 14.7. The lowest BCUT2D eigenvalue weighted by Crippen LogP contribution is -2.32. The number of ether oxygens (including phenoxy) is 1. The molecule has 0 aliphatic carbocycles. The van der Waals surface area contributed by atoms with E-state index in [1.807, 2.05) is 13.8 Å². The van der Waals surface area contributed by atoms with Gasteiger partial charge in [0, 0.05) is 23.4 Å². The molecule has 26 heavy (non-hydrogen) atoms. The van der Waals surface area contributed by atoms with E-state index in [4.69, 9.17) is 16.3 Å². The molecule has 2 N–H and O–H groups in total. The van der Waals surface area contributed by atoms with E-state index in [2.05, 4.69) is 15.3 Å². The topological polar surface area (TPSA) is 67.0 Å². The second-order valence-electron chi connectivity index (χ2n) is 6.02. The number of carbonyl (C=O) groups excluding carboxylic acids is 1. The van der Waals surface area contributed by atoms with Crippen molar-refractivity contribution in [2.75, 3.05) is 7.11 Å². The van der Waals surface area contributed by atoms with E-state index in [1.54, 1.807) is 18.3 Å². The molecule has 7 heteroatoms. The lowest BCUT2D eigenvalue weighted by Gasteiger charge is -2.13. The molecule has 1 unspecified atom stereocenters. The minimum atomic E-state index is -0.556. The van der Waals surface area contributed by atoms with Gasteiger partial charge >= 0.3 is 0 Å². The summed E-state index contributed by atoms with van der Waals surface area (Å²) in [7, 11) is 1.45. The third-order valence-corrected chi connectivity index (χ3v) is 4.58. The first kappa shape index (κ1) is 18.2. The molecule has 0 radical (unpaired) electrons. The van der Waals surface area contributed by atoms with E-state index in [0.717, 1.165) is 6.42 Å². The zero-order valence-corrected chi connectivity index (χ0v) is 15.4. The SMILES string of the molecule is CCC(C)NC(=O)c1[nH]c2cccnc2c1-c1cc(OC)c(Cl)cc1F. The molecule has 3 rings (SSSR count). The van der Waals surface area contributed by atoms with Crippen LogP contribution in [0.15, 0.2) is 30.5 Å². The Kier molecular flexibility index (Phi) is 5.13. The van der Waals surface area contributed by atoms with Gasteiger partial charge in [-0.3, -0.25) is 9.78 Å². The molecule has 136 valence electrons. The van der Waals surface area contributed by atoms with Crippen LogP contribution < -0.4 is 10.1 Å². The molecule has 0 saturated heterocycles. The minimum Gasteiger partial charge on any atom is -0.495 e. The summed E-state index contributed by atoms with van der Waals surface area (Å²) in [4.78, 5) is 20.1. The van der Waals surface area contributed by atoms with Gasteiger partial charge in [0.2, 0.25) is 0 Å². The molecule has 3 aromatic rings. The van der Waals surface area contributed by atoms with Gasteiger partial charge in [0.15, 0.2) is 0 Å². The Hall–Kier alpha value is -2.60. The van der Waals surface area contributed by atoms with Crippen LogP contribution in [-0.2, 0) is 0 Å². The van der Waals surface area contributed by atoms with Crippen LogP contribution in [-0.4, -0.2) is 29.0 Å². The number of amides is 1. The first-order chi connectivity index (χ1) is 12.5. The highest BCUT2D eigenvalue weighted by molar-refractivity contribution is 6.32. The van der Waals surface area contributed by atoms with E-state index in [-0.39, 0.29) is 28.2 Å². The normalized spacial score (nSPS) is 12.2. The third kappa shape index (κ3) is 3.24. The Morgan fingerprint density at radius 3 is 2.92 bits per heavy atom. The number of methoxy groups -OCH3 is 1. The minimum absolute atomic E-state index is 0.0145. The number of aromatic amines is 1. The number of nitrogens with one attached hydrogen (secondary N) is 2. The molecule has 0 aliphatic heterocycles. The summed E-state index contributed by atoms with van der Waals surface area (Å²) in [6.07, 6.45) is 2.38. The average Bonchev–Trinajstić information content (AvgIpc) is 3.01. The van der Waals surface area contributed by atoms with Gasteiger partial charge in [-0.25, -0.2) is 4.39 Å². The van der Waals surface area contributed by atoms with Gasteiger partial charge in [0.25, 0.3) is 5.91 Å². The Balaban J connectivity index is 2.25. The van der Waals surface area contributed by atoms with Crippen molar-refractivity contribution in [1.82, 2.24) is 15.3 Å². The lowest BCUT2D eigenvalue weighted by atomic mass is 10.0. The zero-order valence-electron chi connectivity index (χ0n) is 14.7. The highest BCUT2D eigenvalue weighted by Crippen LogP contribution is 2.37. The van der Waals surface area contributed by atoms with Crippen LogP contribution in [0.3, 0.4) is 0 Å². The van der Waals surface area contributed by atoms with E-state index in [1.165, 1.54) is 19.2 Å². The maximum Gasteiger partial charge on any atom is 0.268 e. The Morgan fingerprint density at radius 2 is 2.23 bits per heavy atom. The fourth-order valence-corrected chi connectivity index (χ4v) is 2.96. The predicted octanol–water partition coefficient (Wildman–Crippen LogP) is 4.56. The Morgan fingerprint density at radius 1 is 1.46 bits per heavy atom. The molecule has 1 amide bonds. The van der Waals surface area contributed by atoms with Gasteiger partial charge in [-0.1, -0.05) is 18.5 Å². The fraction of sp³-hybridized carbons (Fsp3) is 0.263. The summed E-state index contributed by atoms with van der Waals surface area (Å²) in [6, 6.07) is 6.18. The number of pyridine rings is 1.